The molecule has 1 saturated heterocycles. The summed E-state index contributed by atoms with van der Waals surface area (Å²) in [6.07, 6.45) is 0. The normalized spacial score (nSPS) is 16.6. The molecule has 6 heteroatoms. The fraction of sp³-hybridized carbons (Fsp3) is 0.400. The van der Waals surface area contributed by atoms with Crippen molar-refractivity contribution in [3.63, 3.8) is 0 Å². The van der Waals surface area contributed by atoms with E-state index < -0.39 is 5.63 Å². The summed E-state index contributed by atoms with van der Waals surface area (Å²) in [5, 5.41) is 10.7. The van der Waals surface area contributed by atoms with Crippen molar-refractivity contribution in [2.24, 2.45) is 0 Å². The first-order valence-corrected chi connectivity index (χ1v) is 7.25. The van der Waals surface area contributed by atoms with Gasteiger partial charge in [-0.25, -0.2) is 4.79 Å². The van der Waals surface area contributed by atoms with Gasteiger partial charge < -0.3 is 19.3 Å². The van der Waals surface area contributed by atoms with E-state index in [0.29, 0.717) is 16.8 Å². The van der Waals surface area contributed by atoms with Gasteiger partial charge in [-0.2, -0.15) is 0 Å². The molecule has 0 unspecified atom stereocenters. The number of aryl methyl sites for hydroxylation is 1. The lowest BCUT2D eigenvalue weighted by Crippen LogP contribution is -2.45. The van der Waals surface area contributed by atoms with Gasteiger partial charge in [-0.3, -0.25) is 0 Å². The Morgan fingerprint density at radius 3 is 2.57 bits per heavy atom. The van der Waals surface area contributed by atoms with Crippen molar-refractivity contribution in [2.45, 2.75) is 6.92 Å². The minimum absolute atomic E-state index is 0.108. The van der Waals surface area contributed by atoms with Crippen molar-refractivity contribution in [3.8, 4) is 5.75 Å². The first-order valence-electron chi connectivity index (χ1n) is 6.87. The number of rotatable bonds is 1. The van der Waals surface area contributed by atoms with Gasteiger partial charge in [0.2, 0.25) is 0 Å². The second kappa shape index (κ2) is 5.24. The number of halogens is 1. The average molecular weight is 309 g/mol. The van der Waals surface area contributed by atoms with Gasteiger partial charge in [0.25, 0.3) is 0 Å². The molecule has 0 radical (unpaired) electrons. The van der Waals surface area contributed by atoms with Gasteiger partial charge in [-0.15, -0.1) is 0 Å². The Morgan fingerprint density at radius 1 is 1.24 bits per heavy atom. The lowest BCUT2D eigenvalue weighted by atomic mass is 10.1. The van der Waals surface area contributed by atoms with Gasteiger partial charge >= 0.3 is 5.63 Å². The second-order valence-electron chi connectivity index (χ2n) is 5.43. The van der Waals surface area contributed by atoms with Crippen LogP contribution in [0.4, 0.5) is 5.69 Å². The molecule has 1 fully saturated rings. The zero-order chi connectivity index (χ0) is 15.1. The largest absolute Gasteiger partial charge is 0.508 e. The molecule has 1 aromatic heterocycles. The van der Waals surface area contributed by atoms with Crippen LogP contribution < -0.4 is 10.5 Å². The van der Waals surface area contributed by atoms with Crippen molar-refractivity contribution in [1.82, 2.24) is 4.90 Å². The number of hydrogen-bond donors (Lipinski definition) is 1. The maximum Gasteiger partial charge on any atom is 0.357 e. The fourth-order valence-electron chi connectivity index (χ4n) is 2.69. The number of nitrogens with zero attached hydrogens (tertiary/aromatic N) is 2. The van der Waals surface area contributed by atoms with Crippen LogP contribution in [0.3, 0.4) is 0 Å². The second-order valence-corrected chi connectivity index (χ2v) is 5.81. The summed E-state index contributed by atoms with van der Waals surface area (Å²) in [7, 11) is 2.07. The highest BCUT2D eigenvalue weighted by Gasteiger charge is 2.23. The van der Waals surface area contributed by atoms with Gasteiger partial charge in [0.15, 0.2) is 0 Å². The molecule has 5 nitrogen and oxygen atoms in total. The zero-order valence-electron chi connectivity index (χ0n) is 12.0. The van der Waals surface area contributed by atoms with E-state index >= 15 is 0 Å². The maximum atomic E-state index is 12.0. The quantitative estimate of drug-likeness (QED) is 0.819. The van der Waals surface area contributed by atoms with Crippen molar-refractivity contribution < 1.29 is 9.52 Å². The van der Waals surface area contributed by atoms with E-state index in [2.05, 4.69) is 16.8 Å². The molecule has 2 heterocycles. The zero-order valence-corrected chi connectivity index (χ0v) is 12.8. The van der Waals surface area contributed by atoms with Crippen molar-refractivity contribution in [2.75, 3.05) is 38.1 Å². The van der Waals surface area contributed by atoms with Crippen LogP contribution in [0.15, 0.2) is 21.3 Å². The van der Waals surface area contributed by atoms with Gasteiger partial charge in [-0.1, -0.05) is 11.6 Å². The summed E-state index contributed by atoms with van der Waals surface area (Å²) in [4.78, 5) is 16.3. The number of anilines is 1. The summed E-state index contributed by atoms with van der Waals surface area (Å²) in [5.41, 5.74) is 1.10. The molecule has 1 aromatic carbocycles. The predicted molar refractivity (Wildman–Crippen MR) is 83.6 cm³/mol. The smallest absolute Gasteiger partial charge is 0.357 e. The molecular weight excluding hydrogens is 292 g/mol. The molecule has 0 amide bonds. The molecule has 2 aromatic rings. The van der Waals surface area contributed by atoms with Crippen molar-refractivity contribution in [1.29, 1.82) is 0 Å². The number of phenolic OH excluding ortho intramolecular Hbond substituents is 1. The molecule has 0 bridgehead atoms. The highest BCUT2D eigenvalue weighted by atomic mass is 35.5. The Balaban J connectivity index is 2.23. The predicted octanol–water partition coefficient (Wildman–Crippen LogP) is 2.21. The third-order valence-electron chi connectivity index (χ3n) is 4.03. The van der Waals surface area contributed by atoms with E-state index in [9.17, 15) is 9.90 Å². The fourth-order valence-corrected chi connectivity index (χ4v) is 2.95. The first-order chi connectivity index (χ1) is 9.99. The molecule has 3 rings (SSSR count). The van der Waals surface area contributed by atoms with Crippen LogP contribution in [0, 0.1) is 6.92 Å². The molecule has 21 heavy (non-hydrogen) atoms. The van der Waals surface area contributed by atoms with Gasteiger partial charge in [0, 0.05) is 37.1 Å². The van der Waals surface area contributed by atoms with E-state index in [1.165, 1.54) is 0 Å². The van der Waals surface area contributed by atoms with Crippen LogP contribution in [-0.4, -0.2) is 43.2 Å². The maximum absolute atomic E-state index is 12.0. The molecule has 1 aliphatic heterocycles. The van der Waals surface area contributed by atoms with Gasteiger partial charge in [0.1, 0.15) is 16.4 Å². The third-order valence-corrected chi connectivity index (χ3v) is 4.37. The monoisotopic (exact) mass is 308 g/mol. The topological polar surface area (TPSA) is 56.9 Å². The van der Waals surface area contributed by atoms with Crippen LogP contribution >= 0.6 is 11.6 Å². The Bertz CT molecular complexity index is 749. The standard InChI is InChI=1S/C15H17ClN2O3/c1-9-11(19)4-3-10-13(12(16)15(20)21-14(9)10)18-7-5-17(2)6-8-18/h3-4,19H,5-8H2,1-2H3. The Kier molecular flexibility index (Phi) is 3.55. The summed E-state index contributed by atoms with van der Waals surface area (Å²) >= 11 is 6.21. The van der Waals surface area contributed by atoms with Crippen molar-refractivity contribution in [3.05, 3.63) is 33.1 Å². The van der Waals surface area contributed by atoms with E-state index in [0.717, 1.165) is 31.6 Å². The number of fused-ring (bicyclic) bond motifs is 1. The number of aromatic hydroxyl groups is 1. The van der Waals surface area contributed by atoms with E-state index in [-0.39, 0.29) is 10.8 Å². The Morgan fingerprint density at radius 2 is 1.90 bits per heavy atom. The SMILES string of the molecule is Cc1c(O)ccc2c(N3CCN(C)CC3)c(Cl)c(=O)oc12. The molecule has 1 aliphatic rings. The van der Waals surface area contributed by atoms with Gasteiger partial charge in [0.05, 0.1) is 5.69 Å². The molecule has 112 valence electrons. The van der Waals surface area contributed by atoms with Crippen LogP contribution in [0.25, 0.3) is 11.0 Å². The molecule has 0 atom stereocenters. The van der Waals surface area contributed by atoms with E-state index in [1.54, 1.807) is 19.1 Å². The lowest BCUT2D eigenvalue weighted by molar-refractivity contribution is 0.313. The van der Waals surface area contributed by atoms with Crippen LogP contribution in [0.2, 0.25) is 5.02 Å². The van der Waals surface area contributed by atoms with E-state index in [4.69, 9.17) is 16.0 Å². The number of benzene rings is 1. The van der Waals surface area contributed by atoms with Crippen LogP contribution in [0.5, 0.6) is 5.75 Å². The summed E-state index contributed by atoms with van der Waals surface area (Å²) in [5.74, 6) is 0.109. The average Bonchev–Trinajstić information content (AvgIpc) is 2.47. The number of hydrogen-bond acceptors (Lipinski definition) is 5. The number of likely N-dealkylation sites (N-methyl/N-ethyl adjacent to an activating group) is 1. The van der Waals surface area contributed by atoms with Crippen molar-refractivity contribution >= 4 is 28.3 Å². The summed E-state index contributed by atoms with van der Waals surface area (Å²) in [6, 6.07) is 3.35. The number of phenols is 1. The minimum atomic E-state index is -0.563. The molecule has 0 saturated carbocycles. The van der Waals surface area contributed by atoms with Crippen LogP contribution in [0.1, 0.15) is 5.56 Å². The van der Waals surface area contributed by atoms with Gasteiger partial charge in [-0.05, 0) is 26.1 Å². The molecule has 0 spiro atoms. The molecule has 0 aliphatic carbocycles. The Labute approximate surface area is 127 Å². The molecule has 1 N–H and O–H groups in total. The Hall–Kier alpha value is -1.72. The molecular formula is C15H17ClN2O3. The number of piperazine rings is 1. The highest BCUT2D eigenvalue weighted by Crippen LogP contribution is 2.36. The third kappa shape index (κ3) is 2.36. The minimum Gasteiger partial charge on any atom is -0.508 e. The van der Waals surface area contributed by atoms with Crippen LogP contribution in [-0.2, 0) is 0 Å². The highest BCUT2D eigenvalue weighted by molar-refractivity contribution is 6.34. The summed E-state index contributed by atoms with van der Waals surface area (Å²) in [6.45, 7) is 5.15. The first kappa shape index (κ1) is 14.2. The lowest BCUT2D eigenvalue weighted by Gasteiger charge is -2.34. The van der Waals surface area contributed by atoms with E-state index in [1.807, 2.05) is 0 Å². The summed E-state index contributed by atoms with van der Waals surface area (Å²) < 4.78 is 5.27.